The van der Waals surface area contributed by atoms with Gasteiger partial charge in [0.2, 0.25) is 0 Å². The molecule has 0 bridgehead atoms. The molecule has 0 fully saturated rings. The van der Waals surface area contributed by atoms with Gasteiger partial charge in [0.1, 0.15) is 12.4 Å². The van der Waals surface area contributed by atoms with Crippen LogP contribution in [0.3, 0.4) is 0 Å². The van der Waals surface area contributed by atoms with E-state index < -0.39 is 11.9 Å². The fraction of sp³-hybridized carbons (Fsp3) is 0.100. The first-order chi connectivity index (χ1) is 13.5. The number of aromatic nitrogens is 3. The Morgan fingerprint density at radius 2 is 1.71 bits per heavy atom. The molecule has 4 aromatic rings. The Kier molecular flexibility index (Phi) is 3.55. The molecule has 2 aromatic heterocycles. The highest BCUT2D eigenvalue weighted by Crippen LogP contribution is 2.44. The molecule has 5 rings (SSSR count). The lowest BCUT2D eigenvalue weighted by Gasteiger charge is -2.21. The minimum atomic E-state index is -4.50. The molecule has 1 aliphatic heterocycles. The number of H-pyrrole nitrogens is 1. The van der Waals surface area contributed by atoms with Crippen LogP contribution in [0.1, 0.15) is 5.69 Å². The first-order valence-corrected chi connectivity index (χ1v) is 8.62. The van der Waals surface area contributed by atoms with E-state index >= 15 is 0 Å². The van der Waals surface area contributed by atoms with Crippen molar-refractivity contribution < 1.29 is 13.2 Å². The molecule has 0 unspecified atom stereocenters. The average molecular weight is 381 g/mol. The maximum atomic E-state index is 13.3. The molecule has 1 N–H and O–H groups in total. The van der Waals surface area contributed by atoms with Gasteiger partial charge >= 0.3 is 6.18 Å². The summed E-state index contributed by atoms with van der Waals surface area (Å²) in [6.07, 6.45) is -2.82. The lowest BCUT2D eigenvalue weighted by atomic mass is 10.2. The summed E-state index contributed by atoms with van der Waals surface area (Å²) in [5.74, 6) is 0.279. The van der Waals surface area contributed by atoms with E-state index in [0.717, 1.165) is 28.3 Å². The number of nitrogens with zero attached hydrogens (tertiary/aromatic N) is 4. The number of fused-ring (bicyclic) bond motifs is 2. The van der Waals surface area contributed by atoms with E-state index in [0.29, 0.717) is 12.4 Å². The van der Waals surface area contributed by atoms with Crippen LogP contribution in [-0.4, -0.2) is 21.9 Å². The minimum Gasteiger partial charge on any atom is -0.320 e. The van der Waals surface area contributed by atoms with Gasteiger partial charge in [-0.15, -0.1) is 0 Å². The van der Waals surface area contributed by atoms with Gasteiger partial charge in [-0.1, -0.05) is 18.2 Å². The first kappa shape index (κ1) is 16.6. The van der Waals surface area contributed by atoms with Gasteiger partial charge in [0.05, 0.1) is 17.4 Å². The number of halogens is 3. The standard InChI is InChI=1S/C20H14F3N5/c21-20(22,23)18-9-8-17-19(25-18)28(12-27(17)14-4-2-1-3-5-14)15-6-7-16-13(10-15)11-24-26-16/h1-11H,12H2,(H,24,26). The highest BCUT2D eigenvalue weighted by atomic mass is 19.4. The van der Waals surface area contributed by atoms with Crippen LogP contribution in [0.25, 0.3) is 10.9 Å². The second kappa shape index (κ2) is 5.98. The van der Waals surface area contributed by atoms with Crippen LogP contribution >= 0.6 is 0 Å². The van der Waals surface area contributed by atoms with E-state index in [1.54, 1.807) is 11.1 Å². The van der Waals surface area contributed by atoms with E-state index in [1.165, 1.54) is 6.07 Å². The number of hydrogen-bond donors (Lipinski definition) is 1. The third kappa shape index (κ3) is 2.65. The van der Waals surface area contributed by atoms with Crippen molar-refractivity contribution in [3.63, 3.8) is 0 Å². The highest BCUT2D eigenvalue weighted by molar-refractivity contribution is 5.88. The van der Waals surface area contributed by atoms with Crippen LogP contribution < -0.4 is 9.80 Å². The van der Waals surface area contributed by atoms with Crippen molar-refractivity contribution in [2.45, 2.75) is 6.18 Å². The summed E-state index contributed by atoms with van der Waals surface area (Å²) in [6.45, 7) is 0.358. The lowest BCUT2D eigenvalue weighted by molar-refractivity contribution is -0.141. The summed E-state index contributed by atoms with van der Waals surface area (Å²) in [5.41, 5.74) is 2.22. The van der Waals surface area contributed by atoms with Crippen molar-refractivity contribution in [2.75, 3.05) is 16.5 Å². The normalized spacial score (nSPS) is 14.0. The van der Waals surface area contributed by atoms with Crippen LogP contribution in [0.2, 0.25) is 0 Å². The van der Waals surface area contributed by atoms with Gasteiger partial charge in [-0.2, -0.15) is 18.3 Å². The maximum absolute atomic E-state index is 13.3. The molecule has 3 heterocycles. The summed E-state index contributed by atoms with van der Waals surface area (Å²) in [6, 6.07) is 17.6. The zero-order valence-electron chi connectivity index (χ0n) is 14.5. The van der Waals surface area contributed by atoms with Crippen molar-refractivity contribution >= 4 is 33.8 Å². The maximum Gasteiger partial charge on any atom is 0.433 e. The second-order valence-electron chi connectivity index (χ2n) is 6.51. The predicted octanol–water partition coefficient (Wildman–Crippen LogP) is 5.22. The monoisotopic (exact) mass is 381 g/mol. The zero-order valence-corrected chi connectivity index (χ0v) is 14.5. The quantitative estimate of drug-likeness (QED) is 0.517. The van der Waals surface area contributed by atoms with Crippen LogP contribution in [0.5, 0.6) is 0 Å². The smallest absolute Gasteiger partial charge is 0.320 e. The molecule has 0 aliphatic carbocycles. The largest absolute Gasteiger partial charge is 0.433 e. The van der Waals surface area contributed by atoms with Crippen molar-refractivity contribution in [2.24, 2.45) is 0 Å². The molecule has 2 aromatic carbocycles. The Labute approximate surface area is 158 Å². The number of anilines is 4. The Morgan fingerprint density at radius 3 is 2.50 bits per heavy atom. The van der Waals surface area contributed by atoms with Gasteiger partial charge in [-0.05, 0) is 42.5 Å². The van der Waals surface area contributed by atoms with Crippen LogP contribution in [-0.2, 0) is 6.18 Å². The minimum absolute atomic E-state index is 0.279. The fourth-order valence-corrected chi connectivity index (χ4v) is 3.42. The Balaban J connectivity index is 1.66. The molecule has 0 amide bonds. The van der Waals surface area contributed by atoms with Gasteiger partial charge < -0.3 is 9.80 Å². The fourth-order valence-electron chi connectivity index (χ4n) is 3.42. The third-order valence-electron chi connectivity index (χ3n) is 4.78. The number of benzene rings is 2. The number of aromatic amines is 1. The zero-order chi connectivity index (χ0) is 19.3. The SMILES string of the molecule is FC(F)(F)c1ccc2c(n1)N(c1ccc3[nH]ncc3c1)CN2c1ccccc1. The number of pyridine rings is 1. The molecule has 1 aliphatic rings. The molecule has 0 saturated heterocycles. The molecule has 0 atom stereocenters. The predicted molar refractivity (Wildman–Crippen MR) is 101 cm³/mol. The molecule has 0 radical (unpaired) electrons. The summed E-state index contributed by atoms with van der Waals surface area (Å²) in [4.78, 5) is 7.69. The van der Waals surface area contributed by atoms with Gasteiger partial charge in [-0.3, -0.25) is 5.10 Å². The number of nitrogens with one attached hydrogen (secondary N) is 1. The summed E-state index contributed by atoms with van der Waals surface area (Å²) in [7, 11) is 0. The number of hydrogen-bond acceptors (Lipinski definition) is 4. The summed E-state index contributed by atoms with van der Waals surface area (Å²) >= 11 is 0. The Morgan fingerprint density at radius 1 is 0.893 bits per heavy atom. The Hall–Kier alpha value is -3.55. The third-order valence-corrected chi connectivity index (χ3v) is 4.78. The molecular formula is C20H14F3N5. The van der Waals surface area contributed by atoms with E-state index in [1.807, 2.05) is 53.4 Å². The van der Waals surface area contributed by atoms with Gasteiger partial charge in [-0.25, -0.2) is 4.98 Å². The van der Waals surface area contributed by atoms with Crippen LogP contribution in [0.4, 0.5) is 36.1 Å². The average Bonchev–Trinajstić information content (AvgIpc) is 3.31. The van der Waals surface area contributed by atoms with Crippen LogP contribution in [0, 0.1) is 0 Å². The van der Waals surface area contributed by atoms with E-state index in [4.69, 9.17) is 0 Å². The molecule has 0 saturated carbocycles. The van der Waals surface area contributed by atoms with Crippen molar-refractivity contribution in [1.82, 2.24) is 15.2 Å². The molecule has 8 heteroatoms. The number of para-hydroxylation sites is 1. The van der Waals surface area contributed by atoms with Crippen molar-refractivity contribution in [3.05, 3.63) is 72.6 Å². The van der Waals surface area contributed by atoms with Gasteiger partial charge in [0, 0.05) is 16.8 Å². The molecule has 140 valence electrons. The van der Waals surface area contributed by atoms with E-state index in [2.05, 4.69) is 15.2 Å². The van der Waals surface area contributed by atoms with Crippen molar-refractivity contribution in [1.29, 1.82) is 0 Å². The topological polar surface area (TPSA) is 48.1 Å². The first-order valence-electron chi connectivity index (χ1n) is 8.62. The number of rotatable bonds is 2. The highest BCUT2D eigenvalue weighted by Gasteiger charge is 2.37. The lowest BCUT2D eigenvalue weighted by Crippen LogP contribution is -2.24. The molecule has 0 spiro atoms. The molecular weight excluding hydrogens is 367 g/mol. The van der Waals surface area contributed by atoms with Gasteiger partial charge in [0.25, 0.3) is 0 Å². The summed E-state index contributed by atoms with van der Waals surface area (Å²) < 4.78 is 39.8. The Bertz CT molecular complexity index is 1150. The van der Waals surface area contributed by atoms with Gasteiger partial charge in [0.15, 0.2) is 5.82 Å². The summed E-state index contributed by atoms with van der Waals surface area (Å²) in [5, 5.41) is 7.76. The molecule has 5 nitrogen and oxygen atoms in total. The van der Waals surface area contributed by atoms with Crippen molar-refractivity contribution in [3.8, 4) is 0 Å². The van der Waals surface area contributed by atoms with Crippen LogP contribution in [0.15, 0.2) is 66.9 Å². The van der Waals surface area contributed by atoms with E-state index in [-0.39, 0.29) is 5.82 Å². The second-order valence-corrected chi connectivity index (χ2v) is 6.51. The number of alkyl halides is 3. The van der Waals surface area contributed by atoms with E-state index in [9.17, 15) is 13.2 Å². The molecule has 28 heavy (non-hydrogen) atoms.